The van der Waals surface area contributed by atoms with Gasteiger partial charge in [-0.1, -0.05) is 0 Å². The molecule has 0 amide bonds. The second-order valence-corrected chi connectivity index (χ2v) is 3.72. The second-order valence-electron chi connectivity index (χ2n) is 3.72. The number of nitrogens with zero attached hydrogens (tertiary/aromatic N) is 4. The first-order valence-electron chi connectivity index (χ1n) is 4.87. The lowest BCUT2D eigenvalue weighted by Gasteiger charge is -2.27. The summed E-state index contributed by atoms with van der Waals surface area (Å²) in [7, 11) is 1.74. The van der Waals surface area contributed by atoms with Crippen molar-refractivity contribution in [3.8, 4) is 0 Å². The summed E-state index contributed by atoms with van der Waals surface area (Å²) in [5.74, 6) is 0.924. The molecule has 78 valence electrons. The number of hydrogen-bond acceptors (Lipinski definition) is 5. The molecule has 6 nitrogen and oxygen atoms in total. The third-order valence-electron chi connectivity index (χ3n) is 2.56. The fraction of sp³-hybridized carbons (Fsp3) is 0.875. The lowest BCUT2D eigenvalue weighted by Crippen LogP contribution is -2.41. The quantitative estimate of drug-likeness (QED) is 0.618. The van der Waals surface area contributed by atoms with Crippen molar-refractivity contribution in [2.45, 2.75) is 18.9 Å². The number of aliphatic hydroxyl groups excluding tert-OH is 1. The molecule has 2 heterocycles. The molecule has 1 saturated heterocycles. The van der Waals surface area contributed by atoms with Crippen LogP contribution in [0.1, 0.15) is 12.2 Å². The Morgan fingerprint density at radius 2 is 2.50 bits per heavy atom. The van der Waals surface area contributed by atoms with E-state index in [4.69, 9.17) is 0 Å². The number of piperidine rings is 1. The van der Waals surface area contributed by atoms with Gasteiger partial charge >= 0.3 is 0 Å². The van der Waals surface area contributed by atoms with Crippen LogP contribution in [0.2, 0.25) is 0 Å². The van der Waals surface area contributed by atoms with Gasteiger partial charge in [-0.05, 0) is 18.2 Å². The summed E-state index contributed by atoms with van der Waals surface area (Å²) < 4.78 is 0. The Labute approximate surface area is 82.3 Å². The Hall–Kier alpha value is -1.01. The van der Waals surface area contributed by atoms with Crippen molar-refractivity contribution < 1.29 is 5.11 Å². The number of tetrazole rings is 1. The zero-order valence-electron chi connectivity index (χ0n) is 8.22. The molecular formula is C8H15N5O. The van der Waals surface area contributed by atoms with Crippen molar-refractivity contribution in [1.82, 2.24) is 25.5 Å². The minimum atomic E-state index is -0.236. The molecule has 1 aliphatic rings. The lowest BCUT2D eigenvalue weighted by atomic mass is 9.93. The average Bonchev–Trinajstić information content (AvgIpc) is 2.56. The summed E-state index contributed by atoms with van der Waals surface area (Å²) in [6, 6.07) is 0. The fourth-order valence-electron chi connectivity index (χ4n) is 1.76. The van der Waals surface area contributed by atoms with Crippen molar-refractivity contribution in [1.29, 1.82) is 0 Å². The van der Waals surface area contributed by atoms with Crippen LogP contribution in [0.3, 0.4) is 0 Å². The van der Waals surface area contributed by atoms with Crippen LogP contribution in [0.5, 0.6) is 0 Å². The molecule has 0 radical (unpaired) electrons. The normalized spacial score (nSPS) is 27.9. The van der Waals surface area contributed by atoms with Crippen molar-refractivity contribution >= 4 is 0 Å². The van der Waals surface area contributed by atoms with Gasteiger partial charge in [-0.3, -0.25) is 0 Å². The van der Waals surface area contributed by atoms with Crippen molar-refractivity contribution in [2.24, 2.45) is 13.0 Å². The molecule has 2 N–H and O–H groups in total. The topological polar surface area (TPSA) is 75.9 Å². The first-order chi connectivity index (χ1) is 6.75. The third kappa shape index (κ3) is 2.08. The molecule has 1 aromatic heterocycles. The highest BCUT2D eigenvalue weighted by molar-refractivity contribution is 4.87. The highest BCUT2D eigenvalue weighted by atomic mass is 16.3. The van der Waals surface area contributed by atoms with E-state index in [0.717, 1.165) is 19.5 Å². The number of aromatic nitrogens is 4. The number of rotatable bonds is 2. The number of aliphatic hydroxyl groups is 1. The van der Waals surface area contributed by atoms with Crippen LogP contribution in [0, 0.1) is 5.92 Å². The van der Waals surface area contributed by atoms with Crippen LogP contribution in [0.15, 0.2) is 0 Å². The van der Waals surface area contributed by atoms with E-state index >= 15 is 0 Å². The maximum atomic E-state index is 9.71. The molecule has 2 unspecified atom stereocenters. The summed E-state index contributed by atoms with van der Waals surface area (Å²) >= 11 is 0. The van der Waals surface area contributed by atoms with Crippen LogP contribution in [0.25, 0.3) is 0 Å². The lowest BCUT2D eigenvalue weighted by molar-refractivity contribution is 0.0781. The Kier molecular flexibility index (Phi) is 2.74. The van der Waals surface area contributed by atoms with Crippen molar-refractivity contribution in [2.75, 3.05) is 13.1 Å². The largest absolute Gasteiger partial charge is 0.393 e. The zero-order chi connectivity index (χ0) is 9.97. The molecule has 14 heavy (non-hydrogen) atoms. The average molecular weight is 197 g/mol. The highest BCUT2D eigenvalue weighted by Crippen LogP contribution is 2.14. The Balaban J connectivity index is 1.95. The minimum absolute atomic E-state index is 0.216. The second kappa shape index (κ2) is 4.02. The zero-order valence-corrected chi connectivity index (χ0v) is 8.22. The summed E-state index contributed by atoms with van der Waals surface area (Å²) in [6.07, 6.45) is 1.27. The van der Waals surface area contributed by atoms with E-state index in [0.29, 0.717) is 12.2 Å². The number of hydrogen-bond donors (Lipinski definition) is 2. The first kappa shape index (κ1) is 9.54. The van der Waals surface area contributed by atoms with Gasteiger partial charge in [-0.2, -0.15) is 4.80 Å². The van der Waals surface area contributed by atoms with Crippen LogP contribution >= 0.6 is 0 Å². The smallest absolute Gasteiger partial charge is 0.175 e. The molecule has 0 aromatic carbocycles. The van der Waals surface area contributed by atoms with Crippen LogP contribution < -0.4 is 5.32 Å². The Morgan fingerprint density at radius 3 is 3.14 bits per heavy atom. The first-order valence-corrected chi connectivity index (χ1v) is 4.87. The van der Waals surface area contributed by atoms with Gasteiger partial charge in [0.25, 0.3) is 0 Å². The molecule has 1 aliphatic heterocycles. The predicted molar refractivity (Wildman–Crippen MR) is 49.5 cm³/mol. The molecule has 0 aliphatic carbocycles. The molecule has 0 bridgehead atoms. The molecule has 0 spiro atoms. The van der Waals surface area contributed by atoms with Gasteiger partial charge in [0, 0.05) is 18.9 Å². The van der Waals surface area contributed by atoms with Gasteiger partial charge in [0.15, 0.2) is 5.82 Å². The molecule has 1 aromatic rings. The van der Waals surface area contributed by atoms with Gasteiger partial charge in [0.1, 0.15) is 0 Å². The van der Waals surface area contributed by atoms with Gasteiger partial charge in [0.05, 0.1) is 13.2 Å². The maximum absolute atomic E-state index is 9.71. The summed E-state index contributed by atoms with van der Waals surface area (Å²) in [6.45, 7) is 1.73. The van der Waals surface area contributed by atoms with Gasteiger partial charge < -0.3 is 10.4 Å². The van der Waals surface area contributed by atoms with Gasteiger partial charge in [0.2, 0.25) is 0 Å². The standard InChI is InChI=1S/C8H15N5O/c1-13-11-8(10-12-13)4-6-5-9-3-2-7(6)14/h6-7,9,14H,2-5H2,1H3. The van der Waals surface area contributed by atoms with E-state index in [1.54, 1.807) is 7.05 Å². The predicted octanol–water partition coefficient (Wildman–Crippen LogP) is -1.28. The Bertz CT molecular complexity index is 300. The molecule has 0 saturated carbocycles. The van der Waals surface area contributed by atoms with Gasteiger partial charge in [-0.15, -0.1) is 10.2 Å². The molecular weight excluding hydrogens is 182 g/mol. The van der Waals surface area contributed by atoms with Crippen molar-refractivity contribution in [3.05, 3.63) is 5.82 Å². The SMILES string of the molecule is Cn1nnc(CC2CNCCC2O)n1. The summed E-state index contributed by atoms with van der Waals surface area (Å²) in [4.78, 5) is 1.44. The highest BCUT2D eigenvalue weighted by Gasteiger charge is 2.24. The molecule has 1 fully saturated rings. The molecule has 2 rings (SSSR count). The van der Waals surface area contributed by atoms with E-state index < -0.39 is 0 Å². The third-order valence-corrected chi connectivity index (χ3v) is 2.56. The van der Waals surface area contributed by atoms with Crippen molar-refractivity contribution in [3.63, 3.8) is 0 Å². The summed E-state index contributed by atoms with van der Waals surface area (Å²) in [5.41, 5.74) is 0. The van der Waals surface area contributed by atoms with Crippen LogP contribution in [0.4, 0.5) is 0 Å². The monoisotopic (exact) mass is 197 g/mol. The molecule has 2 atom stereocenters. The fourth-order valence-corrected chi connectivity index (χ4v) is 1.76. The number of aryl methyl sites for hydroxylation is 1. The van der Waals surface area contributed by atoms with Gasteiger partial charge in [-0.25, -0.2) is 0 Å². The van der Waals surface area contributed by atoms with E-state index in [-0.39, 0.29) is 12.0 Å². The van der Waals surface area contributed by atoms with Crippen LogP contribution in [-0.4, -0.2) is 44.5 Å². The number of nitrogens with one attached hydrogen (secondary N) is 1. The molecule has 6 heteroatoms. The summed E-state index contributed by atoms with van der Waals surface area (Å²) in [5, 5.41) is 24.7. The van der Waals surface area contributed by atoms with Crippen LogP contribution in [-0.2, 0) is 13.5 Å². The van der Waals surface area contributed by atoms with E-state index in [9.17, 15) is 5.11 Å². The van der Waals surface area contributed by atoms with E-state index in [2.05, 4.69) is 20.7 Å². The maximum Gasteiger partial charge on any atom is 0.175 e. The van der Waals surface area contributed by atoms with E-state index in [1.165, 1.54) is 4.80 Å². The minimum Gasteiger partial charge on any atom is -0.393 e. The van der Waals surface area contributed by atoms with E-state index in [1.807, 2.05) is 0 Å². The Morgan fingerprint density at radius 1 is 1.64 bits per heavy atom.